The third kappa shape index (κ3) is 13.0. The number of methoxy groups -OCH3 is 1. The number of imide groups is 1. The fourth-order valence-electron chi connectivity index (χ4n) is 5.94. The van der Waals surface area contributed by atoms with Crippen LogP contribution in [-0.2, 0) is 39.0 Å². The minimum absolute atomic E-state index is 0.0168. The van der Waals surface area contributed by atoms with Gasteiger partial charge in [-0.2, -0.15) is 0 Å². The predicted octanol–water partition coefficient (Wildman–Crippen LogP) is 9.06. The van der Waals surface area contributed by atoms with Crippen LogP contribution >= 0.6 is 0 Å². The van der Waals surface area contributed by atoms with E-state index in [0.717, 1.165) is 11.1 Å². The van der Waals surface area contributed by atoms with Gasteiger partial charge in [-0.1, -0.05) is 96.2 Å². The molecule has 0 aromatic heterocycles. The fraction of sp³-hybridized carbons (Fsp3) is 0.700. The summed E-state index contributed by atoms with van der Waals surface area (Å²) in [6.07, 6.45) is 6.38. The first kappa shape index (κ1) is 43.3. The van der Waals surface area contributed by atoms with Crippen LogP contribution in [-0.4, -0.2) is 91.6 Å². The van der Waals surface area contributed by atoms with Gasteiger partial charge in [0.05, 0.1) is 37.6 Å². The van der Waals surface area contributed by atoms with Crippen LogP contribution in [0.4, 0.5) is 4.79 Å². The summed E-state index contributed by atoms with van der Waals surface area (Å²) >= 11 is 0. The molecule has 1 aromatic carbocycles. The Bertz CT molecular complexity index is 1300. The second-order valence-corrected chi connectivity index (χ2v) is 26.9. The summed E-state index contributed by atoms with van der Waals surface area (Å²) in [5.74, 6) is -0.768. The monoisotopic (exact) mass is 745 g/mol. The molecule has 0 saturated carbocycles. The predicted molar refractivity (Wildman–Crippen MR) is 209 cm³/mol. The summed E-state index contributed by atoms with van der Waals surface area (Å²) < 4.78 is 36.2. The van der Waals surface area contributed by atoms with Crippen molar-refractivity contribution < 1.29 is 37.4 Å². The minimum atomic E-state index is -2.16. The average molecular weight is 746 g/mol. The molecule has 2 amide bonds. The smallest absolute Gasteiger partial charge is 0.416 e. The van der Waals surface area contributed by atoms with Crippen molar-refractivity contribution in [3.63, 3.8) is 0 Å². The molecule has 0 N–H and O–H groups in total. The summed E-state index contributed by atoms with van der Waals surface area (Å²) in [5.41, 5.74) is 1.95. The van der Waals surface area contributed by atoms with Gasteiger partial charge in [0.25, 0.3) is 0 Å². The van der Waals surface area contributed by atoms with Crippen LogP contribution in [0.15, 0.2) is 54.6 Å². The maximum absolute atomic E-state index is 14.5. The number of carbonyl (C=O) groups is 2. The largest absolute Gasteiger partial charge is 0.447 e. The number of amides is 2. The van der Waals surface area contributed by atoms with Gasteiger partial charge < -0.3 is 27.8 Å². The molecular weight excluding hydrogens is 679 g/mol. The van der Waals surface area contributed by atoms with Crippen molar-refractivity contribution in [1.29, 1.82) is 0 Å². The molecule has 11 heteroatoms. The number of ether oxygens (including phenoxy) is 4. The van der Waals surface area contributed by atoms with Gasteiger partial charge in [-0.05, 0) is 73.9 Å². The highest BCUT2D eigenvalue weighted by Crippen LogP contribution is 2.40. The van der Waals surface area contributed by atoms with E-state index in [1.807, 2.05) is 30.3 Å². The van der Waals surface area contributed by atoms with Gasteiger partial charge in [0.15, 0.2) is 16.6 Å². The molecule has 0 radical (unpaired) electrons. The van der Waals surface area contributed by atoms with Gasteiger partial charge in [0.1, 0.15) is 13.4 Å². The van der Waals surface area contributed by atoms with Crippen molar-refractivity contribution in [3.05, 3.63) is 60.2 Å². The van der Waals surface area contributed by atoms with Crippen molar-refractivity contribution in [1.82, 2.24) is 4.90 Å². The molecule has 3 rings (SSSR count). The van der Waals surface area contributed by atoms with Crippen molar-refractivity contribution in [2.24, 2.45) is 5.92 Å². The van der Waals surface area contributed by atoms with E-state index in [1.54, 1.807) is 7.11 Å². The maximum Gasteiger partial charge on any atom is 0.416 e. The molecule has 0 unspecified atom stereocenters. The van der Waals surface area contributed by atoms with Crippen molar-refractivity contribution in [3.8, 4) is 0 Å². The number of hydrogen-bond donors (Lipinski definition) is 0. The first-order valence-corrected chi connectivity index (χ1v) is 24.5. The number of cyclic esters (lactones) is 1. The molecule has 5 atom stereocenters. The Morgan fingerprint density at radius 3 is 2.31 bits per heavy atom. The van der Waals surface area contributed by atoms with Gasteiger partial charge >= 0.3 is 6.09 Å². The lowest BCUT2D eigenvalue weighted by atomic mass is 9.88. The quantitative estimate of drug-likeness (QED) is 0.0600. The Morgan fingerprint density at radius 1 is 1.02 bits per heavy atom. The Balaban J connectivity index is 1.85. The molecule has 51 heavy (non-hydrogen) atoms. The number of hydrogen-bond acceptors (Lipinski definition) is 8. The molecule has 2 heterocycles. The number of benzene rings is 1. The Morgan fingerprint density at radius 2 is 1.69 bits per heavy atom. The fourth-order valence-corrected chi connectivity index (χ4v) is 8.31. The van der Waals surface area contributed by atoms with E-state index in [9.17, 15) is 9.59 Å². The molecule has 288 valence electrons. The van der Waals surface area contributed by atoms with Crippen LogP contribution in [0.2, 0.25) is 36.3 Å². The van der Waals surface area contributed by atoms with Crippen molar-refractivity contribution in [2.75, 3.05) is 33.7 Å². The zero-order valence-electron chi connectivity index (χ0n) is 33.4. The summed E-state index contributed by atoms with van der Waals surface area (Å²) in [5, 5.41) is 0.0782. The molecule has 0 aliphatic carbocycles. The SMILES string of the molecule is C=C(C[C@@H](CO[Si](C)(C)C(C)(C)C)O[Si](C)(C)C(C)(C)C)C[C@@H](C[C@@H]1CC=C[C@@H](CCOCOC)O1)C(=O)N1C(=O)OC[C@@H]1Cc1ccccc1. The molecule has 2 aliphatic heterocycles. The minimum Gasteiger partial charge on any atom is -0.447 e. The highest BCUT2D eigenvalue weighted by atomic mass is 28.4. The summed E-state index contributed by atoms with van der Waals surface area (Å²) in [6.45, 7) is 28.4. The van der Waals surface area contributed by atoms with Crippen molar-refractivity contribution >= 4 is 28.6 Å². The molecule has 9 nitrogen and oxygen atoms in total. The van der Waals surface area contributed by atoms with Crippen LogP contribution in [0, 0.1) is 5.92 Å². The number of carbonyl (C=O) groups excluding carboxylic acids is 2. The summed E-state index contributed by atoms with van der Waals surface area (Å²) in [6, 6.07) is 9.53. The summed E-state index contributed by atoms with van der Waals surface area (Å²) in [4.78, 5) is 29.1. The van der Waals surface area contributed by atoms with Gasteiger partial charge in [-0.15, -0.1) is 0 Å². The zero-order chi connectivity index (χ0) is 38.0. The van der Waals surface area contributed by atoms with Crippen LogP contribution in [0.25, 0.3) is 0 Å². The van der Waals surface area contributed by atoms with E-state index >= 15 is 0 Å². The standard InChI is InChI=1S/C40H67NO8Si2/c1-30(24-36(49-51(11,12)40(5,6)7)28-47-50(9,10)39(2,3)4)23-32(26-35-20-16-19-34(48-35)21-22-45-29-44-8)37(42)41-33(27-46-38(41)43)25-31-17-14-13-15-18-31/h13-19,32-36H,1,20-29H2,2-12H3/t32-,33-,34-,35-,36-/m0/s1. The lowest BCUT2D eigenvalue weighted by molar-refractivity contribution is -0.135. The van der Waals surface area contributed by atoms with E-state index in [-0.39, 0.29) is 53.7 Å². The zero-order valence-corrected chi connectivity index (χ0v) is 35.4. The topological polar surface area (TPSA) is 92.8 Å². The van der Waals surface area contributed by atoms with Gasteiger partial charge in [0, 0.05) is 19.4 Å². The second kappa shape index (κ2) is 18.8. The van der Waals surface area contributed by atoms with E-state index in [2.05, 4.69) is 86.5 Å². The molecule has 2 aliphatic rings. The summed E-state index contributed by atoms with van der Waals surface area (Å²) in [7, 11) is -2.61. The molecule has 1 saturated heterocycles. The highest BCUT2D eigenvalue weighted by molar-refractivity contribution is 6.74. The maximum atomic E-state index is 14.5. The molecular formula is C40H67NO8Si2. The number of nitrogens with zero attached hydrogens (tertiary/aromatic N) is 1. The molecule has 1 fully saturated rings. The molecule has 1 aromatic rings. The highest BCUT2D eigenvalue weighted by Gasteiger charge is 2.44. The van der Waals surface area contributed by atoms with Gasteiger partial charge in [-0.25, -0.2) is 9.69 Å². The third-order valence-corrected chi connectivity index (χ3v) is 20.1. The van der Waals surface area contributed by atoms with Crippen molar-refractivity contribution in [2.45, 2.75) is 141 Å². The van der Waals surface area contributed by atoms with Gasteiger partial charge in [-0.3, -0.25) is 4.79 Å². The van der Waals surface area contributed by atoms with E-state index < -0.39 is 28.6 Å². The molecule has 0 bridgehead atoms. The van der Waals surface area contributed by atoms with Gasteiger partial charge in [0.2, 0.25) is 5.91 Å². The van der Waals surface area contributed by atoms with Crippen LogP contribution in [0.1, 0.15) is 79.2 Å². The Kier molecular flexibility index (Phi) is 15.9. The first-order valence-electron chi connectivity index (χ1n) is 18.6. The van der Waals surface area contributed by atoms with Crippen LogP contribution in [0.3, 0.4) is 0 Å². The lowest BCUT2D eigenvalue weighted by Crippen LogP contribution is -2.48. The number of rotatable bonds is 19. The van der Waals surface area contributed by atoms with E-state index in [0.29, 0.717) is 51.7 Å². The van der Waals surface area contributed by atoms with Crippen LogP contribution in [0.5, 0.6) is 0 Å². The van der Waals surface area contributed by atoms with Crippen LogP contribution < -0.4 is 0 Å². The Labute approximate surface area is 310 Å². The average Bonchev–Trinajstić information content (AvgIpc) is 3.40. The first-order chi connectivity index (χ1) is 23.7. The normalized spacial score (nSPS) is 21.4. The van der Waals surface area contributed by atoms with E-state index in [4.69, 9.17) is 27.8 Å². The third-order valence-electron chi connectivity index (χ3n) is 11.0. The lowest BCUT2D eigenvalue weighted by Gasteiger charge is -2.42. The second-order valence-electron chi connectivity index (χ2n) is 17.4. The molecule has 0 spiro atoms. The van der Waals surface area contributed by atoms with E-state index in [1.165, 1.54) is 4.90 Å². The Hall–Kier alpha value is -2.13.